The second kappa shape index (κ2) is 11.2. The molecule has 0 saturated carbocycles. The topological polar surface area (TPSA) is 55.5 Å². The maximum Gasteiger partial charge on any atom is 0.416 e. The summed E-state index contributed by atoms with van der Waals surface area (Å²) in [6.45, 7) is 7.79. The van der Waals surface area contributed by atoms with E-state index in [2.05, 4.69) is 16.7 Å². The molecule has 2 fully saturated rings. The molecule has 0 radical (unpaired) electrons. The van der Waals surface area contributed by atoms with Crippen LogP contribution in [0.3, 0.4) is 0 Å². The lowest BCUT2D eigenvalue weighted by molar-refractivity contribution is -0.137. The third-order valence-electron chi connectivity index (χ3n) is 8.62. The summed E-state index contributed by atoms with van der Waals surface area (Å²) in [7, 11) is 1.74. The fraction of sp³-hybridized carbons (Fsp3) is 0.586. The van der Waals surface area contributed by atoms with Crippen LogP contribution in [0.25, 0.3) is 11.0 Å². The molecule has 2 aliphatic heterocycles. The van der Waals surface area contributed by atoms with Crippen molar-refractivity contribution in [1.82, 2.24) is 19.2 Å². The van der Waals surface area contributed by atoms with Crippen molar-refractivity contribution in [3.8, 4) is 0 Å². The summed E-state index contributed by atoms with van der Waals surface area (Å²) in [6, 6.07) is 4.00. The highest BCUT2D eigenvalue weighted by atomic mass is 19.4. The second-order valence-electron chi connectivity index (χ2n) is 11.0. The molecule has 0 spiro atoms. The standard InChI is InChI=1S/C29H37F4N5O2/c1-5-20-16-37(21(6-2)15-36(20)18(3)22-11-10-19(13-23(22)30)29(31,32)33)24-14-26(39)35(4)25-17-38(34-28(24)25)27-9-7-8-12-40-27/h10-11,13-14,17-18,20-21,27H,5-9,12,15-16H2,1-4H3/t18?,20-,21+,27?/m1/s1. The number of benzene rings is 1. The lowest BCUT2D eigenvalue weighted by atomic mass is 9.95. The summed E-state index contributed by atoms with van der Waals surface area (Å²) in [5.74, 6) is -0.851. The van der Waals surface area contributed by atoms with Gasteiger partial charge in [-0.1, -0.05) is 19.9 Å². The molecule has 11 heteroatoms. The first kappa shape index (κ1) is 28.6. The van der Waals surface area contributed by atoms with Gasteiger partial charge in [-0.2, -0.15) is 18.3 Å². The first-order valence-corrected chi connectivity index (χ1v) is 14.1. The van der Waals surface area contributed by atoms with Gasteiger partial charge >= 0.3 is 6.18 Å². The van der Waals surface area contributed by atoms with E-state index in [0.29, 0.717) is 25.8 Å². The molecule has 40 heavy (non-hydrogen) atoms. The van der Waals surface area contributed by atoms with Gasteiger partial charge in [0.05, 0.1) is 23.0 Å². The summed E-state index contributed by atoms with van der Waals surface area (Å²) in [5, 5.41) is 4.91. The molecule has 4 heterocycles. The number of fused-ring (bicyclic) bond motifs is 1. The zero-order chi connectivity index (χ0) is 28.8. The van der Waals surface area contributed by atoms with Gasteiger partial charge in [-0.3, -0.25) is 9.69 Å². The van der Waals surface area contributed by atoms with Crippen LogP contribution in [0.2, 0.25) is 0 Å². The monoisotopic (exact) mass is 563 g/mol. The van der Waals surface area contributed by atoms with Crippen LogP contribution in [-0.2, 0) is 18.0 Å². The van der Waals surface area contributed by atoms with Crippen molar-refractivity contribution in [2.45, 2.75) is 83.4 Å². The number of pyridine rings is 1. The van der Waals surface area contributed by atoms with Crippen LogP contribution in [0.5, 0.6) is 0 Å². The van der Waals surface area contributed by atoms with E-state index in [0.717, 1.165) is 54.9 Å². The minimum atomic E-state index is -4.60. The lowest BCUT2D eigenvalue weighted by Crippen LogP contribution is -2.59. The smallest absolute Gasteiger partial charge is 0.364 e. The quantitative estimate of drug-likeness (QED) is 0.343. The molecule has 0 N–H and O–H groups in total. The zero-order valence-corrected chi connectivity index (χ0v) is 23.4. The summed E-state index contributed by atoms with van der Waals surface area (Å²) in [4.78, 5) is 17.5. The van der Waals surface area contributed by atoms with E-state index in [1.807, 2.05) is 24.7 Å². The molecule has 0 bridgehead atoms. The molecule has 2 unspecified atom stereocenters. The zero-order valence-electron chi connectivity index (χ0n) is 23.4. The average molecular weight is 564 g/mol. The number of hydrogen-bond acceptors (Lipinski definition) is 5. The van der Waals surface area contributed by atoms with E-state index in [-0.39, 0.29) is 29.4 Å². The van der Waals surface area contributed by atoms with Crippen molar-refractivity contribution >= 4 is 16.7 Å². The first-order chi connectivity index (χ1) is 19.0. The third-order valence-corrected chi connectivity index (χ3v) is 8.62. The van der Waals surface area contributed by atoms with E-state index in [1.54, 1.807) is 17.7 Å². The molecular weight excluding hydrogens is 526 g/mol. The van der Waals surface area contributed by atoms with Crippen LogP contribution < -0.4 is 10.5 Å². The van der Waals surface area contributed by atoms with Crippen molar-refractivity contribution in [3.05, 3.63) is 57.8 Å². The Morgan fingerprint density at radius 1 is 1.10 bits per heavy atom. The summed E-state index contributed by atoms with van der Waals surface area (Å²) in [5.41, 5.74) is 1.37. The molecule has 4 atom stereocenters. The number of hydrogen-bond donors (Lipinski definition) is 0. The van der Waals surface area contributed by atoms with Crippen molar-refractivity contribution < 1.29 is 22.3 Å². The van der Waals surface area contributed by atoms with Gasteiger partial charge in [0.2, 0.25) is 0 Å². The summed E-state index contributed by atoms with van der Waals surface area (Å²) in [6.07, 6.45) is 1.59. The summed E-state index contributed by atoms with van der Waals surface area (Å²) >= 11 is 0. The highest BCUT2D eigenvalue weighted by Crippen LogP contribution is 2.37. The van der Waals surface area contributed by atoms with Crippen LogP contribution >= 0.6 is 0 Å². The van der Waals surface area contributed by atoms with Gasteiger partial charge < -0.3 is 14.2 Å². The van der Waals surface area contributed by atoms with Gasteiger partial charge in [0.25, 0.3) is 5.56 Å². The third kappa shape index (κ3) is 5.25. The van der Waals surface area contributed by atoms with Gasteiger partial charge in [-0.05, 0) is 51.2 Å². The highest BCUT2D eigenvalue weighted by Gasteiger charge is 2.38. The number of ether oxygens (including phenoxy) is 1. The first-order valence-electron chi connectivity index (χ1n) is 14.1. The predicted octanol–water partition coefficient (Wildman–Crippen LogP) is 6.03. The number of alkyl halides is 3. The lowest BCUT2D eigenvalue weighted by Gasteiger charge is -2.49. The normalized spacial score (nSPS) is 23.6. The van der Waals surface area contributed by atoms with Crippen molar-refractivity contribution in [1.29, 1.82) is 0 Å². The van der Waals surface area contributed by atoms with Gasteiger partial charge in [-0.15, -0.1) is 0 Å². The van der Waals surface area contributed by atoms with Gasteiger partial charge in [0.15, 0.2) is 0 Å². The minimum absolute atomic E-state index is 0.00542. The Morgan fingerprint density at radius 2 is 1.85 bits per heavy atom. The van der Waals surface area contributed by atoms with E-state index >= 15 is 0 Å². The van der Waals surface area contributed by atoms with Crippen LogP contribution in [0.1, 0.15) is 76.3 Å². The SMILES string of the molecule is CC[C@H]1CN(C(C)c2ccc(C(F)(F)F)cc2F)[C@H](CC)CN1c1cc(=O)n(C)c2cn(C3CCCCO3)nc12. The van der Waals surface area contributed by atoms with E-state index in [1.165, 1.54) is 6.07 Å². The number of rotatable bonds is 6. The fourth-order valence-corrected chi connectivity index (χ4v) is 6.18. The van der Waals surface area contributed by atoms with Crippen LogP contribution in [-0.4, -0.2) is 51.0 Å². The van der Waals surface area contributed by atoms with E-state index in [9.17, 15) is 22.4 Å². The van der Waals surface area contributed by atoms with E-state index < -0.39 is 23.6 Å². The Hall–Kier alpha value is -2.92. The molecule has 7 nitrogen and oxygen atoms in total. The molecule has 1 aromatic carbocycles. The summed E-state index contributed by atoms with van der Waals surface area (Å²) < 4.78 is 63.7. The van der Waals surface area contributed by atoms with Crippen LogP contribution in [0, 0.1) is 5.82 Å². The number of nitrogens with zero attached hydrogens (tertiary/aromatic N) is 5. The molecule has 5 rings (SSSR count). The molecule has 2 aliphatic rings. The van der Waals surface area contributed by atoms with Gasteiger partial charge in [0.1, 0.15) is 17.6 Å². The van der Waals surface area contributed by atoms with Crippen LogP contribution in [0.4, 0.5) is 23.2 Å². The van der Waals surface area contributed by atoms with Crippen LogP contribution in [0.15, 0.2) is 35.3 Å². The Morgan fingerprint density at radius 3 is 2.48 bits per heavy atom. The van der Waals surface area contributed by atoms with Crippen molar-refractivity contribution in [2.24, 2.45) is 7.05 Å². The Kier molecular flexibility index (Phi) is 7.98. The number of halogens is 4. The molecule has 0 aliphatic carbocycles. The number of anilines is 1. The maximum atomic E-state index is 15.0. The fourth-order valence-electron chi connectivity index (χ4n) is 6.18. The molecule has 218 valence electrons. The average Bonchev–Trinajstić information content (AvgIpc) is 3.40. The number of aryl methyl sites for hydroxylation is 1. The number of aromatic nitrogens is 3. The molecule has 2 aromatic heterocycles. The van der Waals surface area contributed by atoms with Crippen molar-refractivity contribution in [2.75, 3.05) is 24.6 Å². The Labute approximate surface area is 231 Å². The van der Waals surface area contributed by atoms with Crippen molar-refractivity contribution in [3.63, 3.8) is 0 Å². The number of piperazine rings is 1. The highest BCUT2D eigenvalue weighted by molar-refractivity contribution is 5.88. The van der Waals surface area contributed by atoms with Gasteiger partial charge in [-0.25, -0.2) is 9.07 Å². The second-order valence-corrected chi connectivity index (χ2v) is 11.0. The molecule has 2 saturated heterocycles. The molecular formula is C29H37F4N5O2. The van der Waals surface area contributed by atoms with Gasteiger partial charge in [0, 0.05) is 56.5 Å². The largest absolute Gasteiger partial charge is 0.416 e. The minimum Gasteiger partial charge on any atom is -0.364 e. The molecule has 0 amide bonds. The maximum absolute atomic E-state index is 15.0. The Balaban J connectivity index is 1.48. The predicted molar refractivity (Wildman–Crippen MR) is 146 cm³/mol. The van der Waals surface area contributed by atoms with E-state index in [4.69, 9.17) is 9.84 Å². The Bertz CT molecular complexity index is 1410. The molecule has 3 aromatic rings.